The zero-order valence-electron chi connectivity index (χ0n) is 10.8. The third-order valence-corrected chi connectivity index (χ3v) is 3.41. The lowest BCUT2D eigenvalue weighted by atomic mass is 9.88. The lowest BCUT2D eigenvalue weighted by molar-refractivity contribution is 0.0968. The van der Waals surface area contributed by atoms with E-state index in [1.54, 1.807) is 0 Å². The molecule has 1 aromatic rings. The van der Waals surface area contributed by atoms with Gasteiger partial charge in [0.15, 0.2) is 5.78 Å². The van der Waals surface area contributed by atoms with E-state index in [0.29, 0.717) is 18.0 Å². The Balaban J connectivity index is 2.31. The van der Waals surface area contributed by atoms with Gasteiger partial charge in [-0.05, 0) is 54.9 Å². The molecule has 2 N–H and O–H groups in total. The molecular formula is C15H21NO. The van der Waals surface area contributed by atoms with Crippen molar-refractivity contribution < 1.29 is 4.79 Å². The van der Waals surface area contributed by atoms with Gasteiger partial charge in [-0.2, -0.15) is 0 Å². The van der Waals surface area contributed by atoms with Crippen molar-refractivity contribution in [3.05, 3.63) is 28.8 Å². The maximum absolute atomic E-state index is 12.1. The third-order valence-electron chi connectivity index (χ3n) is 3.41. The number of carbonyl (C=O) groups is 1. The summed E-state index contributed by atoms with van der Waals surface area (Å²) in [5.41, 5.74) is 10.1. The highest BCUT2D eigenvalue weighted by molar-refractivity contribution is 6.01. The van der Waals surface area contributed by atoms with Crippen LogP contribution in [0.1, 0.15) is 54.6 Å². The van der Waals surface area contributed by atoms with Crippen molar-refractivity contribution in [2.45, 2.75) is 46.0 Å². The van der Waals surface area contributed by atoms with Crippen LogP contribution in [0.2, 0.25) is 0 Å². The van der Waals surface area contributed by atoms with Crippen LogP contribution in [0.3, 0.4) is 0 Å². The number of aryl methyl sites for hydroxylation is 2. The first-order valence-corrected chi connectivity index (χ1v) is 6.52. The van der Waals surface area contributed by atoms with E-state index in [9.17, 15) is 4.79 Å². The van der Waals surface area contributed by atoms with Crippen LogP contribution >= 0.6 is 0 Å². The minimum Gasteiger partial charge on any atom is -0.398 e. The Hall–Kier alpha value is -1.31. The third kappa shape index (κ3) is 2.68. The quantitative estimate of drug-likeness (QED) is 0.640. The van der Waals surface area contributed by atoms with Gasteiger partial charge in [0.2, 0.25) is 0 Å². The molecular weight excluding hydrogens is 210 g/mol. The van der Waals surface area contributed by atoms with Crippen molar-refractivity contribution in [1.82, 2.24) is 0 Å². The van der Waals surface area contributed by atoms with E-state index in [1.807, 2.05) is 12.1 Å². The predicted octanol–water partition coefficient (Wildman–Crippen LogP) is 3.38. The van der Waals surface area contributed by atoms with E-state index < -0.39 is 0 Å². The molecule has 2 rings (SSSR count). The highest BCUT2D eigenvalue weighted by atomic mass is 16.1. The molecule has 0 saturated heterocycles. The van der Waals surface area contributed by atoms with Crippen molar-refractivity contribution in [3.8, 4) is 0 Å². The average Bonchev–Trinajstić information content (AvgIpc) is 2.27. The Labute approximate surface area is 103 Å². The molecule has 0 atom stereocenters. The summed E-state index contributed by atoms with van der Waals surface area (Å²) < 4.78 is 0. The summed E-state index contributed by atoms with van der Waals surface area (Å²) in [4.78, 5) is 12.1. The topological polar surface area (TPSA) is 43.1 Å². The molecule has 0 spiro atoms. The number of carbonyl (C=O) groups excluding carboxylic acids is 1. The predicted molar refractivity (Wildman–Crippen MR) is 71.3 cm³/mol. The molecule has 2 heteroatoms. The van der Waals surface area contributed by atoms with Gasteiger partial charge in [0.1, 0.15) is 0 Å². The molecule has 1 aromatic carbocycles. The molecule has 0 saturated carbocycles. The lowest BCUT2D eigenvalue weighted by Crippen LogP contribution is -2.11. The summed E-state index contributed by atoms with van der Waals surface area (Å²) in [6, 6.07) is 4.05. The summed E-state index contributed by atoms with van der Waals surface area (Å²) in [6.45, 7) is 4.12. The number of ketones is 1. The summed E-state index contributed by atoms with van der Waals surface area (Å²) in [5.74, 6) is 0.573. The Bertz CT molecular complexity index is 435. The second kappa shape index (κ2) is 4.91. The first-order valence-electron chi connectivity index (χ1n) is 6.52. The van der Waals surface area contributed by atoms with Crippen molar-refractivity contribution in [2.24, 2.45) is 5.92 Å². The number of benzene rings is 1. The van der Waals surface area contributed by atoms with Crippen LogP contribution in [-0.2, 0) is 12.8 Å². The molecule has 17 heavy (non-hydrogen) atoms. The second-order valence-corrected chi connectivity index (χ2v) is 5.44. The molecule has 0 radical (unpaired) electrons. The van der Waals surface area contributed by atoms with Crippen molar-refractivity contribution in [1.29, 1.82) is 0 Å². The fourth-order valence-electron chi connectivity index (χ4n) is 2.53. The Kier molecular flexibility index (Phi) is 3.51. The zero-order chi connectivity index (χ0) is 12.4. The van der Waals surface area contributed by atoms with Gasteiger partial charge < -0.3 is 5.73 Å². The monoisotopic (exact) mass is 231 g/mol. The van der Waals surface area contributed by atoms with E-state index in [2.05, 4.69) is 13.8 Å². The van der Waals surface area contributed by atoms with Gasteiger partial charge >= 0.3 is 0 Å². The van der Waals surface area contributed by atoms with Gasteiger partial charge in [-0.25, -0.2) is 0 Å². The highest BCUT2D eigenvalue weighted by Gasteiger charge is 2.16. The molecule has 1 aliphatic carbocycles. The van der Waals surface area contributed by atoms with E-state index in [4.69, 9.17) is 5.73 Å². The second-order valence-electron chi connectivity index (χ2n) is 5.44. The van der Waals surface area contributed by atoms with E-state index in [0.717, 1.165) is 18.4 Å². The molecule has 0 fully saturated rings. The summed E-state index contributed by atoms with van der Waals surface area (Å²) in [6.07, 6.45) is 5.26. The number of fused-ring (bicyclic) bond motifs is 1. The minimum absolute atomic E-state index is 0.186. The molecule has 1 aliphatic rings. The maximum atomic E-state index is 12.1. The number of nitrogens with two attached hydrogens (primary N) is 1. The average molecular weight is 231 g/mol. The summed E-state index contributed by atoms with van der Waals surface area (Å²) in [5, 5.41) is 0. The Morgan fingerprint density at radius 3 is 2.41 bits per heavy atom. The number of Topliss-reactive ketones (excluding diaryl/α,β-unsaturated/α-hetero) is 1. The van der Waals surface area contributed by atoms with Gasteiger partial charge in [-0.15, -0.1) is 0 Å². The summed E-state index contributed by atoms with van der Waals surface area (Å²) >= 11 is 0. The maximum Gasteiger partial charge on any atom is 0.165 e. The van der Waals surface area contributed by atoms with Gasteiger partial charge in [0.25, 0.3) is 0 Å². The SMILES string of the molecule is CC(C)CC(=O)c1cc2c(cc1N)CCCC2. The van der Waals surface area contributed by atoms with Crippen LogP contribution in [-0.4, -0.2) is 5.78 Å². The van der Waals surface area contributed by atoms with Crippen molar-refractivity contribution >= 4 is 11.5 Å². The van der Waals surface area contributed by atoms with Gasteiger partial charge in [0, 0.05) is 17.7 Å². The number of rotatable bonds is 3. The van der Waals surface area contributed by atoms with Crippen molar-refractivity contribution in [2.75, 3.05) is 5.73 Å². The van der Waals surface area contributed by atoms with E-state index in [1.165, 1.54) is 24.0 Å². The normalized spacial score (nSPS) is 14.8. The van der Waals surface area contributed by atoms with Crippen LogP contribution in [0.25, 0.3) is 0 Å². The van der Waals surface area contributed by atoms with Crippen LogP contribution < -0.4 is 5.73 Å². The molecule has 0 heterocycles. The smallest absolute Gasteiger partial charge is 0.165 e. The van der Waals surface area contributed by atoms with E-state index >= 15 is 0 Å². The summed E-state index contributed by atoms with van der Waals surface area (Å²) in [7, 11) is 0. The zero-order valence-corrected chi connectivity index (χ0v) is 10.8. The Morgan fingerprint density at radius 1 is 1.24 bits per heavy atom. The molecule has 2 nitrogen and oxygen atoms in total. The van der Waals surface area contributed by atoms with Crippen molar-refractivity contribution in [3.63, 3.8) is 0 Å². The molecule has 0 aromatic heterocycles. The first kappa shape index (κ1) is 12.2. The Morgan fingerprint density at radius 2 is 1.82 bits per heavy atom. The van der Waals surface area contributed by atoms with E-state index in [-0.39, 0.29) is 5.78 Å². The van der Waals surface area contributed by atoms with Crippen LogP contribution in [0.5, 0.6) is 0 Å². The molecule has 0 aliphatic heterocycles. The van der Waals surface area contributed by atoms with Crippen LogP contribution in [0, 0.1) is 5.92 Å². The molecule has 0 unspecified atom stereocenters. The molecule has 92 valence electrons. The fraction of sp³-hybridized carbons (Fsp3) is 0.533. The van der Waals surface area contributed by atoms with Crippen LogP contribution in [0.15, 0.2) is 12.1 Å². The number of nitrogen functional groups attached to an aromatic ring is 1. The van der Waals surface area contributed by atoms with Gasteiger partial charge in [-0.1, -0.05) is 13.8 Å². The first-order chi connectivity index (χ1) is 8.08. The number of anilines is 1. The standard InChI is InChI=1S/C15H21NO/c1-10(2)7-15(17)13-8-11-5-3-4-6-12(11)9-14(13)16/h8-10H,3-7,16H2,1-2H3. The minimum atomic E-state index is 0.186. The molecule has 0 amide bonds. The van der Waals surface area contributed by atoms with Gasteiger partial charge in [0.05, 0.1) is 0 Å². The largest absolute Gasteiger partial charge is 0.398 e. The fourth-order valence-corrected chi connectivity index (χ4v) is 2.53. The van der Waals surface area contributed by atoms with Gasteiger partial charge in [-0.3, -0.25) is 4.79 Å². The lowest BCUT2D eigenvalue weighted by Gasteiger charge is -2.18. The molecule has 0 bridgehead atoms. The number of hydrogen-bond donors (Lipinski definition) is 1. The highest BCUT2D eigenvalue weighted by Crippen LogP contribution is 2.27. The number of hydrogen-bond acceptors (Lipinski definition) is 2. The van der Waals surface area contributed by atoms with Crippen LogP contribution in [0.4, 0.5) is 5.69 Å².